The molecule has 0 fully saturated rings. The second-order valence-electron chi connectivity index (χ2n) is 6.07. The van der Waals surface area contributed by atoms with Crippen molar-refractivity contribution < 1.29 is 33.8 Å². The third kappa shape index (κ3) is 5.74. The first-order valence-corrected chi connectivity index (χ1v) is 9.08. The van der Waals surface area contributed by atoms with Gasteiger partial charge in [-0.25, -0.2) is 4.79 Å². The van der Waals surface area contributed by atoms with Crippen molar-refractivity contribution in [2.24, 2.45) is 5.92 Å². The number of para-hydroxylation sites is 1. The number of hydrogen-bond donors (Lipinski definition) is 2. The average Bonchev–Trinajstić information content (AvgIpc) is 2.70. The Balaban J connectivity index is 2.27. The van der Waals surface area contributed by atoms with Crippen LogP contribution in [0.2, 0.25) is 0 Å². The zero-order valence-corrected chi connectivity index (χ0v) is 16.1. The van der Waals surface area contributed by atoms with Crippen molar-refractivity contribution in [1.29, 1.82) is 0 Å². The zero-order chi connectivity index (χ0) is 21.4. The van der Waals surface area contributed by atoms with Crippen LogP contribution in [0.3, 0.4) is 0 Å². The van der Waals surface area contributed by atoms with Gasteiger partial charge in [-0.2, -0.15) is 0 Å². The molecule has 0 bridgehead atoms. The number of fused-ring (bicyclic) bond motifs is 1. The van der Waals surface area contributed by atoms with Crippen LogP contribution in [-0.4, -0.2) is 53.2 Å². The number of carbonyl (C=O) groups is 4. The number of amides is 1. The first-order chi connectivity index (χ1) is 13.9. The molecule has 29 heavy (non-hydrogen) atoms. The lowest BCUT2D eigenvalue weighted by Crippen LogP contribution is -2.49. The van der Waals surface area contributed by atoms with Crippen LogP contribution in [0.4, 0.5) is 0 Å². The SMILES string of the molecule is CCOC(=O)C[C@@H](C(=O)OCC)[C@H](NC(=O)c1cnc2ccccc2c1)C(=O)O. The van der Waals surface area contributed by atoms with Crippen molar-refractivity contribution in [3.05, 3.63) is 42.1 Å². The van der Waals surface area contributed by atoms with Crippen molar-refractivity contribution in [3.8, 4) is 0 Å². The Labute approximate surface area is 167 Å². The minimum Gasteiger partial charge on any atom is -0.480 e. The molecule has 154 valence electrons. The number of carboxylic acid groups (broad SMARTS) is 1. The number of nitrogens with zero attached hydrogens (tertiary/aromatic N) is 1. The lowest BCUT2D eigenvalue weighted by Gasteiger charge is -2.22. The molecule has 1 aromatic heterocycles. The normalized spacial score (nSPS) is 12.6. The van der Waals surface area contributed by atoms with E-state index in [0.29, 0.717) is 10.9 Å². The monoisotopic (exact) mass is 402 g/mol. The van der Waals surface area contributed by atoms with Crippen LogP contribution in [-0.2, 0) is 23.9 Å². The van der Waals surface area contributed by atoms with Gasteiger partial charge in [0, 0.05) is 11.6 Å². The molecule has 0 saturated heterocycles. The van der Waals surface area contributed by atoms with E-state index in [4.69, 9.17) is 9.47 Å². The van der Waals surface area contributed by atoms with E-state index in [1.165, 1.54) is 6.20 Å². The van der Waals surface area contributed by atoms with Crippen LogP contribution in [0.5, 0.6) is 0 Å². The van der Waals surface area contributed by atoms with Gasteiger partial charge in [0.15, 0.2) is 0 Å². The van der Waals surface area contributed by atoms with Crippen LogP contribution in [0, 0.1) is 5.92 Å². The van der Waals surface area contributed by atoms with E-state index in [9.17, 15) is 24.3 Å². The topological polar surface area (TPSA) is 132 Å². The molecule has 1 aromatic carbocycles. The van der Waals surface area contributed by atoms with Gasteiger partial charge < -0.3 is 19.9 Å². The highest BCUT2D eigenvalue weighted by Gasteiger charge is 2.38. The van der Waals surface area contributed by atoms with E-state index < -0.39 is 42.2 Å². The number of rotatable bonds is 9. The number of benzene rings is 1. The first kappa shape index (κ1) is 21.8. The number of aliphatic carboxylic acids is 1. The summed E-state index contributed by atoms with van der Waals surface area (Å²) in [4.78, 5) is 52.7. The Morgan fingerprint density at radius 1 is 1.10 bits per heavy atom. The van der Waals surface area contributed by atoms with Gasteiger partial charge in [0.25, 0.3) is 5.91 Å². The minimum atomic E-state index is -1.68. The Morgan fingerprint density at radius 2 is 1.79 bits per heavy atom. The molecule has 0 aliphatic carbocycles. The maximum absolute atomic E-state index is 12.6. The maximum atomic E-state index is 12.6. The summed E-state index contributed by atoms with van der Waals surface area (Å²) in [6, 6.07) is 6.98. The number of ether oxygens (including phenoxy) is 2. The molecule has 2 aromatic rings. The smallest absolute Gasteiger partial charge is 0.327 e. The fraction of sp³-hybridized carbons (Fsp3) is 0.350. The molecule has 0 unspecified atom stereocenters. The zero-order valence-electron chi connectivity index (χ0n) is 16.1. The van der Waals surface area contributed by atoms with Gasteiger partial charge in [0.05, 0.1) is 36.6 Å². The predicted molar refractivity (Wildman–Crippen MR) is 102 cm³/mol. The lowest BCUT2D eigenvalue weighted by atomic mass is 9.95. The summed E-state index contributed by atoms with van der Waals surface area (Å²) < 4.78 is 9.69. The molecule has 0 spiro atoms. The number of aromatic nitrogens is 1. The molecule has 9 heteroatoms. The second-order valence-corrected chi connectivity index (χ2v) is 6.07. The fourth-order valence-corrected chi connectivity index (χ4v) is 2.74. The largest absolute Gasteiger partial charge is 0.480 e. The highest BCUT2D eigenvalue weighted by Crippen LogP contribution is 2.16. The summed E-state index contributed by atoms with van der Waals surface area (Å²) in [6.45, 7) is 3.20. The molecular weight excluding hydrogens is 380 g/mol. The highest BCUT2D eigenvalue weighted by molar-refractivity contribution is 6.00. The summed E-state index contributed by atoms with van der Waals surface area (Å²) >= 11 is 0. The van der Waals surface area contributed by atoms with Crippen LogP contribution in [0.1, 0.15) is 30.6 Å². The Morgan fingerprint density at radius 3 is 2.45 bits per heavy atom. The quantitative estimate of drug-likeness (QED) is 0.604. The molecule has 1 amide bonds. The molecule has 0 aliphatic rings. The molecule has 0 radical (unpaired) electrons. The van der Waals surface area contributed by atoms with Gasteiger partial charge in [0.1, 0.15) is 6.04 Å². The summed E-state index contributed by atoms with van der Waals surface area (Å²) in [6.07, 6.45) is 0.765. The Kier molecular flexibility index (Phi) is 7.64. The minimum absolute atomic E-state index is 0.00691. The second kappa shape index (κ2) is 10.2. The number of nitrogens with one attached hydrogen (secondary N) is 1. The molecule has 1 heterocycles. The van der Waals surface area contributed by atoms with Crippen molar-refractivity contribution in [2.75, 3.05) is 13.2 Å². The summed E-state index contributed by atoms with van der Waals surface area (Å²) in [7, 11) is 0. The third-order valence-electron chi connectivity index (χ3n) is 4.09. The molecule has 0 aliphatic heterocycles. The predicted octanol–water partition coefficient (Wildman–Crippen LogP) is 1.55. The van der Waals surface area contributed by atoms with Crippen molar-refractivity contribution in [1.82, 2.24) is 10.3 Å². The van der Waals surface area contributed by atoms with Crippen molar-refractivity contribution >= 4 is 34.7 Å². The molecule has 2 atom stereocenters. The molecule has 2 N–H and O–H groups in total. The molecule has 0 saturated carbocycles. The molecule has 2 rings (SSSR count). The van der Waals surface area contributed by atoms with Crippen molar-refractivity contribution in [3.63, 3.8) is 0 Å². The van der Waals surface area contributed by atoms with Crippen LogP contribution in [0.15, 0.2) is 36.5 Å². The summed E-state index contributed by atoms with van der Waals surface area (Å²) in [5.41, 5.74) is 0.791. The maximum Gasteiger partial charge on any atom is 0.327 e. The van der Waals surface area contributed by atoms with Gasteiger partial charge in [0.2, 0.25) is 0 Å². The van der Waals surface area contributed by atoms with Crippen molar-refractivity contribution in [2.45, 2.75) is 26.3 Å². The van der Waals surface area contributed by atoms with E-state index in [1.807, 2.05) is 0 Å². The first-order valence-electron chi connectivity index (χ1n) is 9.08. The molecule has 9 nitrogen and oxygen atoms in total. The van der Waals surface area contributed by atoms with E-state index >= 15 is 0 Å². The lowest BCUT2D eigenvalue weighted by molar-refractivity contribution is -0.159. The average molecular weight is 402 g/mol. The van der Waals surface area contributed by atoms with Crippen LogP contribution >= 0.6 is 0 Å². The van der Waals surface area contributed by atoms with Gasteiger partial charge in [-0.3, -0.25) is 19.4 Å². The number of carboxylic acids is 1. The van der Waals surface area contributed by atoms with Crippen LogP contribution < -0.4 is 5.32 Å². The van der Waals surface area contributed by atoms with E-state index in [-0.39, 0.29) is 18.8 Å². The number of pyridine rings is 1. The Bertz CT molecular complexity index is 913. The third-order valence-corrected chi connectivity index (χ3v) is 4.09. The van der Waals surface area contributed by atoms with E-state index in [0.717, 1.165) is 0 Å². The standard InChI is InChI=1S/C20H22N2O7/c1-3-28-16(23)10-14(20(27)29-4-2)17(19(25)26)22-18(24)13-9-12-7-5-6-8-15(12)21-11-13/h5-9,11,14,17H,3-4,10H2,1-2H3,(H,22,24)(H,25,26)/t14-,17+/m1/s1. The molecular formula is C20H22N2O7. The summed E-state index contributed by atoms with van der Waals surface area (Å²) in [5, 5.41) is 12.6. The van der Waals surface area contributed by atoms with E-state index in [2.05, 4.69) is 10.3 Å². The highest BCUT2D eigenvalue weighted by atomic mass is 16.5. The number of carbonyl (C=O) groups excluding carboxylic acids is 3. The van der Waals surface area contributed by atoms with Gasteiger partial charge in [-0.15, -0.1) is 0 Å². The van der Waals surface area contributed by atoms with Crippen LogP contribution in [0.25, 0.3) is 10.9 Å². The van der Waals surface area contributed by atoms with Gasteiger partial charge >= 0.3 is 17.9 Å². The van der Waals surface area contributed by atoms with E-state index in [1.54, 1.807) is 44.2 Å². The number of esters is 2. The van der Waals surface area contributed by atoms with Gasteiger partial charge in [-0.1, -0.05) is 18.2 Å². The Hall–Kier alpha value is -3.49. The number of hydrogen-bond acceptors (Lipinski definition) is 7. The van der Waals surface area contributed by atoms with Gasteiger partial charge in [-0.05, 0) is 26.0 Å². The fourth-order valence-electron chi connectivity index (χ4n) is 2.74. The summed E-state index contributed by atoms with van der Waals surface area (Å²) in [5.74, 6) is -5.34.